The van der Waals surface area contributed by atoms with E-state index in [9.17, 15) is 4.79 Å². The fourth-order valence-electron chi connectivity index (χ4n) is 1.70. The Labute approximate surface area is 84.9 Å². The van der Waals surface area contributed by atoms with E-state index in [-0.39, 0.29) is 12.5 Å². The summed E-state index contributed by atoms with van der Waals surface area (Å²) in [5.74, 6) is -0.131. The molecule has 0 atom stereocenters. The molecule has 82 valence electrons. The zero-order valence-electron chi connectivity index (χ0n) is 8.97. The lowest BCUT2D eigenvalue weighted by Crippen LogP contribution is -2.58. The summed E-state index contributed by atoms with van der Waals surface area (Å²) in [6.45, 7) is 3.49. The number of nitrogens with two attached hydrogens (primary N) is 1. The van der Waals surface area contributed by atoms with Crippen LogP contribution in [0.4, 0.5) is 0 Å². The Kier molecular flexibility index (Phi) is 3.17. The van der Waals surface area contributed by atoms with Crippen LogP contribution in [0.1, 0.15) is 39.5 Å². The molecular weight excluding hydrogens is 180 g/mol. The first-order chi connectivity index (χ1) is 6.40. The Morgan fingerprint density at radius 2 is 2.00 bits per heavy atom. The van der Waals surface area contributed by atoms with Crippen LogP contribution in [0.5, 0.6) is 0 Å². The molecule has 1 aliphatic rings. The van der Waals surface area contributed by atoms with Crippen LogP contribution in [0, 0.1) is 0 Å². The molecule has 0 spiro atoms. The third kappa shape index (κ3) is 2.45. The maximum atomic E-state index is 11.8. The van der Waals surface area contributed by atoms with E-state index in [0.29, 0.717) is 0 Å². The number of nitrogens with one attached hydrogen (secondary N) is 1. The molecule has 1 fully saturated rings. The predicted molar refractivity (Wildman–Crippen MR) is 54.7 cm³/mol. The van der Waals surface area contributed by atoms with Gasteiger partial charge in [-0.15, -0.1) is 0 Å². The SMILES string of the molecule is CC(C)(CO)NC(=O)C1(N)CCCC1. The van der Waals surface area contributed by atoms with Crippen LogP contribution in [0.3, 0.4) is 0 Å². The number of rotatable bonds is 3. The zero-order chi connectivity index (χ0) is 10.8. The minimum Gasteiger partial charge on any atom is -0.394 e. The number of hydrogen-bond donors (Lipinski definition) is 3. The lowest BCUT2D eigenvalue weighted by molar-refractivity contribution is -0.128. The molecule has 1 aliphatic carbocycles. The van der Waals surface area contributed by atoms with Crippen molar-refractivity contribution in [3.63, 3.8) is 0 Å². The molecule has 0 heterocycles. The number of carbonyl (C=O) groups excluding carboxylic acids is 1. The fourth-order valence-corrected chi connectivity index (χ4v) is 1.70. The summed E-state index contributed by atoms with van der Waals surface area (Å²) in [6, 6.07) is 0. The smallest absolute Gasteiger partial charge is 0.240 e. The van der Waals surface area contributed by atoms with Crippen LogP contribution < -0.4 is 11.1 Å². The summed E-state index contributed by atoms with van der Waals surface area (Å²) in [6.07, 6.45) is 3.54. The highest BCUT2D eigenvalue weighted by Gasteiger charge is 2.38. The highest BCUT2D eigenvalue weighted by atomic mass is 16.3. The third-order valence-corrected chi connectivity index (χ3v) is 2.80. The topological polar surface area (TPSA) is 75.3 Å². The largest absolute Gasteiger partial charge is 0.394 e. The van der Waals surface area contributed by atoms with Gasteiger partial charge in [0.15, 0.2) is 0 Å². The number of hydrogen-bond acceptors (Lipinski definition) is 3. The van der Waals surface area contributed by atoms with Gasteiger partial charge in [0, 0.05) is 0 Å². The molecular formula is C10H20N2O2. The van der Waals surface area contributed by atoms with Gasteiger partial charge in [-0.25, -0.2) is 0 Å². The molecule has 0 saturated heterocycles. The van der Waals surface area contributed by atoms with Gasteiger partial charge in [0.25, 0.3) is 0 Å². The van der Waals surface area contributed by atoms with Gasteiger partial charge in [0.1, 0.15) is 0 Å². The summed E-state index contributed by atoms with van der Waals surface area (Å²) in [5, 5.41) is 11.8. The minimum absolute atomic E-state index is 0.0746. The Bertz CT molecular complexity index is 220. The van der Waals surface area contributed by atoms with Gasteiger partial charge in [-0.3, -0.25) is 4.79 Å². The first-order valence-electron chi connectivity index (χ1n) is 5.12. The summed E-state index contributed by atoms with van der Waals surface area (Å²) < 4.78 is 0. The second-order valence-electron chi connectivity index (χ2n) is 4.86. The molecule has 0 unspecified atom stereocenters. The van der Waals surface area contributed by atoms with Crippen LogP contribution in [0.25, 0.3) is 0 Å². The molecule has 0 radical (unpaired) electrons. The maximum absolute atomic E-state index is 11.8. The van der Waals surface area contributed by atoms with Crippen molar-refractivity contribution in [1.29, 1.82) is 0 Å². The summed E-state index contributed by atoms with van der Waals surface area (Å²) in [4.78, 5) is 11.8. The van der Waals surface area contributed by atoms with E-state index in [1.807, 2.05) is 0 Å². The standard InChI is InChI=1S/C10H20N2O2/c1-9(2,7-13)12-8(14)10(11)5-3-4-6-10/h13H,3-7,11H2,1-2H3,(H,12,14). The average Bonchev–Trinajstić information content (AvgIpc) is 2.53. The minimum atomic E-state index is -0.702. The highest BCUT2D eigenvalue weighted by Crippen LogP contribution is 2.27. The maximum Gasteiger partial charge on any atom is 0.240 e. The van der Waals surface area contributed by atoms with Crippen LogP contribution in [0.15, 0.2) is 0 Å². The first-order valence-corrected chi connectivity index (χ1v) is 5.12. The van der Waals surface area contributed by atoms with Crippen molar-refractivity contribution in [2.45, 2.75) is 50.6 Å². The van der Waals surface area contributed by atoms with E-state index in [4.69, 9.17) is 10.8 Å². The van der Waals surface area contributed by atoms with Gasteiger partial charge in [0.05, 0.1) is 17.7 Å². The number of aliphatic hydroxyl groups is 1. The average molecular weight is 200 g/mol. The second-order valence-corrected chi connectivity index (χ2v) is 4.86. The number of aliphatic hydroxyl groups excluding tert-OH is 1. The van der Waals surface area contributed by atoms with Crippen molar-refractivity contribution in [3.8, 4) is 0 Å². The Hall–Kier alpha value is -0.610. The molecule has 4 heteroatoms. The molecule has 1 saturated carbocycles. The fraction of sp³-hybridized carbons (Fsp3) is 0.900. The van der Waals surface area contributed by atoms with Gasteiger partial charge in [-0.05, 0) is 26.7 Å². The molecule has 0 bridgehead atoms. The van der Waals surface area contributed by atoms with Crippen LogP contribution in [-0.2, 0) is 4.79 Å². The van der Waals surface area contributed by atoms with Crippen molar-refractivity contribution in [3.05, 3.63) is 0 Å². The normalized spacial score (nSPS) is 20.9. The molecule has 1 amide bonds. The number of amides is 1. The molecule has 4 nitrogen and oxygen atoms in total. The molecule has 1 rings (SSSR count). The molecule has 0 aromatic rings. The van der Waals surface area contributed by atoms with Gasteiger partial charge in [-0.2, -0.15) is 0 Å². The summed E-state index contributed by atoms with van der Waals surface area (Å²) >= 11 is 0. The van der Waals surface area contributed by atoms with E-state index >= 15 is 0 Å². The van der Waals surface area contributed by atoms with Gasteiger partial charge in [0.2, 0.25) is 5.91 Å². The molecule has 14 heavy (non-hydrogen) atoms. The first kappa shape index (κ1) is 11.5. The van der Waals surface area contributed by atoms with Crippen molar-refractivity contribution < 1.29 is 9.90 Å². The van der Waals surface area contributed by atoms with Crippen LogP contribution >= 0.6 is 0 Å². The van der Waals surface area contributed by atoms with Crippen LogP contribution in [-0.4, -0.2) is 28.7 Å². The summed E-state index contributed by atoms with van der Waals surface area (Å²) in [7, 11) is 0. The zero-order valence-corrected chi connectivity index (χ0v) is 8.97. The van der Waals surface area contributed by atoms with Crippen molar-refractivity contribution in [1.82, 2.24) is 5.32 Å². The summed E-state index contributed by atoms with van der Waals surface area (Å²) in [5.41, 5.74) is 4.69. The van der Waals surface area contributed by atoms with Crippen molar-refractivity contribution >= 4 is 5.91 Å². The van der Waals surface area contributed by atoms with Crippen molar-refractivity contribution in [2.24, 2.45) is 5.73 Å². The lowest BCUT2D eigenvalue weighted by Gasteiger charge is -2.30. The Balaban J connectivity index is 2.57. The molecule has 4 N–H and O–H groups in total. The Morgan fingerprint density at radius 3 is 2.43 bits per heavy atom. The highest BCUT2D eigenvalue weighted by molar-refractivity contribution is 5.86. The van der Waals surface area contributed by atoms with E-state index in [2.05, 4.69) is 5.32 Å². The lowest BCUT2D eigenvalue weighted by atomic mass is 9.96. The quantitative estimate of drug-likeness (QED) is 0.607. The van der Waals surface area contributed by atoms with Gasteiger partial charge < -0.3 is 16.2 Å². The van der Waals surface area contributed by atoms with E-state index in [1.54, 1.807) is 13.8 Å². The van der Waals surface area contributed by atoms with E-state index in [0.717, 1.165) is 25.7 Å². The van der Waals surface area contributed by atoms with Gasteiger partial charge in [-0.1, -0.05) is 12.8 Å². The third-order valence-electron chi connectivity index (χ3n) is 2.80. The van der Waals surface area contributed by atoms with Crippen LogP contribution in [0.2, 0.25) is 0 Å². The monoisotopic (exact) mass is 200 g/mol. The number of carbonyl (C=O) groups is 1. The molecule has 0 aromatic heterocycles. The second kappa shape index (κ2) is 3.87. The van der Waals surface area contributed by atoms with Gasteiger partial charge >= 0.3 is 0 Å². The van der Waals surface area contributed by atoms with E-state index < -0.39 is 11.1 Å². The van der Waals surface area contributed by atoms with E-state index in [1.165, 1.54) is 0 Å². The van der Waals surface area contributed by atoms with Crippen molar-refractivity contribution in [2.75, 3.05) is 6.61 Å². The molecule has 0 aliphatic heterocycles. The predicted octanol–water partition coefficient (Wildman–Crippen LogP) is 0.145. The Morgan fingerprint density at radius 1 is 1.50 bits per heavy atom. The molecule has 0 aromatic carbocycles.